The predicted molar refractivity (Wildman–Crippen MR) is 85.3 cm³/mol. The Morgan fingerprint density at radius 2 is 1.90 bits per heavy atom. The van der Waals surface area contributed by atoms with Crippen LogP contribution in [0.2, 0.25) is 5.02 Å². The van der Waals surface area contributed by atoms with Gasteiger partial charge in [0.1, 0.15) is 0 Å². The Balaban J connectivity index is 1.81. The summed E-state index contributed by atoms with van der Waals surface area (Å²) in [4.78, 5) is 2.60. The summed E-state index contributed by atoms with van der Waals surface area (Å²) in [5.74, 6) is 0.729. The first-order valence-corrected chi connectivity index (χ1v) is 8.13. The van der Waals surface area contributed by atoms with E-state index >= 15 is 0 Å². The van der Waals surface area contributed by atoms with E-state index in [0.717, 1.165) is 28.6 Å². The van der Waals surface area contributed by atoms with E-state index in [0.29, 0.717) is 6.04 Å². The number of nitrogens with zero attached hydrogens (tertiary/aromatic N) is 1. The molecule has 2 fully saturated rings. The number of benzene rings is 1. The summed E-state index contributed by atoms with van der Waals surface area (Å²) in [7, 11) is 4.38. The number of hydrogen-bond donors (Lipinski definition) is 1. The van der Waals surface area contributed by atoms with E-state index in [1.54, 1.807) is 0 Å². The van der Waals surface area contributed by atoms with Gasteiger partial charge in [0, 0.05) is 23.1 Å². The fraction of sp³-hybridized carbons (Fsp3) is 0.647. The molecule has 0 spiro atoms. The van der Waals surface area contributed by atoms with Crippen LogP contribution in [0.25, 0.3) is 0 Å². The quantitative estimate of drug-likeness (QED) is 0.912. The average Bonchev–Trinajstić information content (AvgIpc) is 2.65. The average molecular weight is 293 g/mol. The van der Waals surface area contributed by atoms with Crippen molar-refractivity contribution in [3.05, 3.63) is 34.3 Å². The van der Waals surface area contributed by atoms with Crippen LogP contribution in [0.3, 0.4) is 0 Å². The van der Waals surface area contributed by atoms with Crippen LogP contribution in [0.4, 0.5) is 0 Å². The topological polar surface area (TPSA) is 15.3 Å². The fourth-order valence-corrected chi connectivity index (χ4v) is 4.39. The molecular weight excluding hydrogens is 268 g/mol. The molecule has 0 aliphatic carbocycles. The smallest absolute Gasteiger partial charge is 0.0438 e. The summed E-state index contributed by atoms with van der Waals surface area (Å²) in [6, 6.07) is 8.54. The number of nitrogens with one attached hydrogen (secondary N) is 1. The van der Waals surface area contributed by atoms with E-state index in [-0.39, 0.29) is 0 Å². The number of hydrogen-bond acceptors (Lipinski definition) is 2. The maximum absolute atomic E-state index is 6.31. The molecule has 2 nitrogen and oxygen atoms in total. The summed E-state index contributed by atoms with van der Waals surface area (Å²) < 4.78 is 0. The minimum absolute atomic E-state index is 0.435. The molecule has 3 heteroatoms. The summed E-state index contributed by atoms with van der Waals surface area (Å²) in [6.07, 6.45) is 5.37. The van der Waals surface area contributed by atoms with Crippen LogP contribution in [-0.4, -0.2) is 31.1 Å². The van der Waals surface area contributed by atoms with Gasteiger partial charge in [-0.3, -0.25) is 0 Å². The zero-order valence-corrected chi connectivity index (χ0v) is 13.5. The van der Waals surface area contributed by atoms with Gasteiger partial charge in [-0.1, -0.05) is 23.7 Å². The van der Waals surface area contributed by atoms with Gasteiger partial charge in [0.2, 0.25) is 0 Å². The van der Waals surface area contributed by atoms with E-state index in [2.05, 4.69) is 49.4 Å². The van der Waals surface area contributed by atoms with Crippen molar-refractivity contribution in [2.45, 2.75) is 50.7 Å². The van der Waals surface area contributed by atoms with Crippen LogP contribution in [0, 0.1) is 12.8 Å². The molecule has 2 heterocycles. The highest BCUT2D eigenvalue weighted by atomic mass is 35.5. The zero-order valence-electron chi connectivity index (χ0n) is 12.7. The number of piperidine rings is 1. The van der Waals surface area contributed by atoms with Crippen LogP contribution in [0.15, 0.2) is 18.2 Å². The number of rotatable bonds is 3. The van der Waals surface area contributed by atoms with Gasteiger partial charge >= 0.3 is 0 Å². The Labute approximate surface area is 127 Å². The first-order chi connectivity index (χ1) is 9.60. The Kier molecular flexibility index (Phi) is 4.07. The Morgan fingerprint density at radius 3 is 2.45 bits per heavy atom. The van der Waals surface area contributed by atoms with Crippen LogP contribution >= 0.6 is 11.6 Å². The second-order valence-corrected chi connectivity index (χ2v) is 6.96. The number of halogens is 1. The minimum atomic E-state index is 0.435. The highest BCUT2D eigenvalue weighted by molar-refractivity contribution is 6.31. The monoisotopic (exact) mass is 292 g/mol. The van der Waals surface area contributed by atoms with E-state index < -0.39 is 0 Å². The molecule has 0 saturated carbocycles. The van der Waals surface area contributed by atoms with Gasteiger partial charge in [-0.05, 0) is 69.8 Å². The van der Waals surface area contributed by atoms with Crippen LogP contribution in [-0.2, 0) is 0 Å². The second-order valence-electron chi connectivity index (χ2n) is 6.56. The molecule has 110 valence electrons. The first kappa shape index (κ1) is 14.4. The van der Waals surface area contributed by atoms with Gasteiger partial charge in [-0.25, -0.2) is 0 Å². The van der Waals surface area contributed by atoms with Crippen LogP contribution < -0.4 is 5.32 Å². The van der Waals surface area contributed by atoms with E-state index in [1.165, 1.54) is 31.2 Å². The van der Waals surface area contributed by atoms with E-state index in [1.807, 2.05) is 0 Å². The number of aryl methyl sites for hydroxylation is 1. The minimum Gasteiger partial charge on any atom is -0.313 e. The molecule has 1 aromatic carbocycles. The Bertz CT molecular complexity index is 474. The SMILES string of the molecule is CNC(c1ccc(C)c(Cl)c1)C1CC2CCC(C1)N2C. The summed E-state index contributed by atoms with van der Waals surface area (Å²) in [5.41, 5.74) is 2.51. The summed E-state index contributed by atoms with van der Waals surface area (Å²) in [6.45, 7) is 2.07. The van der Waals surface area contributed by atoms with Crippen molar-refractivity contribution < 1.29 is 0 Å². The second kappa shape index (κ2) is 5.67. The fourth-order valence-electron chi connectivity index (χ4n) is 4.20. The Morgan fingerprint density at radius 1 is 1.25 bits per heavy atom. The van der Waals surface area contributed by atoms with Gasteiger partial charge in [-0.15, -0.1) is 0 Å². The molecule has 0 aromatic heterocycles. The third-order valence-electron chi connectivity index (χ3n) is 5.47. The molecule has 3 atom stereocenters. The molecule has 0 amide bonds. The highest BCUT2D eigenvalue weighted by Gasteiger charge is 2.40. The lowest BCUT2D eigenvalue weighted by Gasteiger charge is -2.40. The van der Waals surface area contributed by atoms with Crippen LogP contribution in [0.1, 0.15) is 42.9 Å². The molecule has 2 aliphatic heterocycles. The lowest BCUT2D eigenvalue weighted by atomic mass is 9.82. The molecule has 2 saturated heterocycles. The summed E-state index contributed by atoms with van der Waals surface area (Å²) in [5, 5.41) is 4.43. The molecule has 1 aromatic rings. The van der Waals surface area contributed by atoms with Gasteiger partial charge in [0.05, 0.1) is 0 Å². The Hall–Kier alpha value is -0.570. The molecule has 2 aliphatic rings. The normalized spacial score (nSPS) is 31.5. The van der Waals surface area contributed by atoms with Crippen molar-refractivity contribution in [1.82, 2.24) is 10.2 Å². The van der Waals surface area contributed by atoms with E-state index in [4.69, 9.17) is 11.6 Å². The maximum Gasteiger partial charge on any atom is 0.0438 e. The van der Waals surface area contributed by atoms with Crippen molar-refractivity contribution in [2.75, 3.05) is 14.1 Å². The van der Waals surface area contributed by atoms with Gasteiger partial charge < -0.3 is 10.2 Å². The molecule has 3 unspecified atom stereocenters. The molecule has 2 bridgehead atoms. The van der Waals surface area contributed by atoms with Crippen molar-refractivity contribution in [1.29, 1.82) is 0 Å². The highest BCUT2D eigenvalue weighted by Crippen LogP contribution is 2.42. The maximum atomic E-state index is 6.31. The largest absolute Gasteiger partial charge is 0.313 e. The molecular formula is C17H25ClN2. The van der Waals surface area contributed by atoms with E-state index in [9.17, 15) is 0 Å². The van der Waals surface area contributed by atoms with Gasteiger partial charge in [0.15, 0.2) is 0 Å². The lowest BCUT2D eigenvalue weighted by Crippen LogP contribution is -2.43. The number of fused-ring (bicyclic) bond motifs is 2. The van der Waals surface area contributed by atoms with Crippen molar-refractivity contribution in [3.63, 3.8) is 0 Å². The lowest BCUT2D eigenvalue weighted by molar-refractivity contribution is 0.114. The molecule has 3 rings (SSSR count). The van der Waals surface area contributed by atoms with Crippen molar-refractivity contribution in [3.8, 4) is 0 Å². The predicted octanol–water partition coefficient (Wildman–Crippen LogP) is 3.78. The van der Waals surface area contributed by atoms with Gasteiger partial charge in [-0.2, -0.15) is 0 Å². The van der Waals surface area contributed by atoms with Gasteiger partial charge in [0.25, 0.3) is 0 Å². The third kappa shape index (κ3) is 2.49. The van der Waals surface area contributed by atoms with Crippen molar-refractivity contribution >= 4 is 11.6 Å². The summed E-state index contributed by atoms with van der Waals surface area (Å²) >= 11 is 6.31. The molecule has 0 radical (unpaired) electrons. The van der Waals surface area contributed by atoms with Crippen molar-refractivity contribution in [2.24, 2.45) is 5.92 Å². The third-order valence-corrected chi connectivity index (χ3v) is 5.88. The molecule has 1 N–H and O–H groups in total. The molecule has 20 heavy (non-hydrogen) atoms. The zero-order chi connectivity index (χ0) is 14.3. The standard InChI is InChI=1S/C17H25ClN2/c1-11-4-5-12(10-16(11)18)17(19-2)13-8-14-6-7-15(9-13)20(14)3/h4-5,10,13-15,17,19H,6-9H2,1-3H3. The van der Waals surface area contributed by atoms with Crippen LogP contribution in [0.5, 0.6) is 0 Å². The first-order valence-electron chi connectivity index (χ1n) is 7.75.